The number of benzene rings is 3. The van der Waals surface area contributed by atoms with E-state index in [4.69, 9.17) is 0 Å². The summed E-state index contributed by atoms with van der Waals surface area (Å²) in [7, 11) is 0. The molecule has 9 heteroatoms. The van der Waals surface area contributed by atoms with Crippen molar-refractivity contribution in [1.82, 2.24) is 19.6 Å². The van der Waals surface area contributed by atoms with Crippen LogP contribution in [-0.2, 0) is 0 Å². The van der Waals surface area contributed by atoms with Gasteiger partial charge in [-0.1, -0.05) is 91.0 Å². The molecule has 206 valence electrons. The molecule has 2 aliphatic rings. The highest BCUT2D eigenvalue weighted by molar-refractivity contribution is 5.99. The third kappa shape index (κ3) is 5.09. The number of nitrogens with one attached hydrogen (secondary N) is 1. The van der Waals surface area contributed by atoms with E-state index in [1.165, 1.54) is 17.3 Å². The molecule has 1 saturated heterocycles. The van der Waals surface area contributed by atoms with Gasteiger partial charge in [0.2, 0.25) is 0 Å². The first-order valence-corrected chi connectivity index (χ1v) is 13.5. The van der Waals surface area contributed by atoms with Gasteiger partial charge in [0.25, 0.3) is 5.91 Å². The van der Waals surface area contributed by atoms with Crippen molar-refractivity contribution in [3.05, 3.63) is 119 Å². The third-order valence-corrected chi connectivity index (χ3v) is 7.87. The van der Waals surface area contributed by atoms with Crippen LogP contribution in [0.4, 0.5) is 19.0 Å². The summed E-state index contributed by atoms with van der Waals surface area (Å²) in [5.74, 6) is -0.180. The van der Waals surface area contributed by atoms with Gasteiger partial charge in [-0.25, -0.2) is 4.68 Å². The summed E-state index contributed by atoms with van der Waals surface area (Å²) in [6.07, 6.45) is -3.42. The molecule has 2 atom stereocenters. The maximum absolute atomic E-state index is 14.1. The van der Waals surface area contributed by atoms with E-state index in [0.29, 0.717) is 26.2 Å². The molecule has 1 N–H and O–H groups in total. The van der Waals surface area contributed by atoms with Crippen LogP contribution in [0.2, 0.25) is 0 Å². The van der Waals surface area contributed by atoms with E-state index >= 15 is 0 Å². The van der Waals surface area contributed by atoms with Crippen molar-refractivity contribution in [3.8, 4) is 0 Å². The van der Waals surface area contributed by atoms with Crippen molar-refractivity contribution < 1.29 is 18.0 Å². The standard InChI is InChI=1S/C31H30F3N5O/c32-31(33,34)27-20-26(22-10-4-1-5-11-22)36-29-25(21-35-39(27)29)30(40)38-18-16-37(17-19-38)28(23-12-6-2-7-13-23)24-14-8-3-9-15-24/h1-15,21,26-28,36H,16-20H2. The summed E-state index contributed by atoms with van der Waals surface area (Å²) >= 11 is 0. The largest absolute Gasteiger partial charge is 0.410 e. The van der Waals surface area contributed by atoms with Crippen LogP contribution in [-0.4, -0.2) is 57.8 Å². The SMILES string of the molecule is O=C(c1cnn2c1NC(c1ccccc1)CC2C(F)(F)F)N1CCN(C(c2ccccc2)c2ccccc2)CC1. The second-order valence-corrected chi connectivity index (χ2v) is 10.3. The van der Waals surface area contributed by atoms with Gasteiger partial charge in [-0.2, -0.15) is 18.3 Å². The second-order valence-electron chi connectivity index (χ2n) is 10.3. The fraction of sp³-hybridized carbons (Fsp3) is 0.290. The second kappa shape index (κ2) is 10.8. The van der Waals surface area contributed by atoms with Crippen LogP contribution < -0.4 is 5.32 Å². The molecule has 0 spiro atoms. The predicted octanol–water partition coefficient (Wildman–Crippen LogP) is 6.09. The number of hydrogen-bond donors (Lipinski definition) is 1. The summed E-state index contributed by atoms with van der Waals surface area (Å²) < 4.78 is 43.2. The number of carbonyl (C=O) groups is 1. The minimum atomic E-state index is -4.49. The number of nitrogens with zero attached hydrogens (tertiary/aromatic N) is 4. The molecule has 0 radical (unpaired) electrons. The van der Waals surface area contributed by atoms with Gasteiger partial charge in [-0.3, -0.25) is 9.69 Å². The minimum absolute atomic E-state index is 0.0457. The zero-order valence-electron chi connectivity index (χ0n) is 21.8. The molecule has 3 aromatic carbocycles. The summed E-state index contributed by atoms with van der Waals surface area (Å²) in [6, 6.07) is 27.2. The number of carbonyl (C=O) groups excluding carboxylic acids is 1. The summed E-state index contributed by atoms with van der Waals surface area (Å²) in [6.45, 7) is 2.19. The summed E-state index contributed by atoms with van der Waals surface area (Å²) in [5.41, 5.74) is 3.26. The van der Waals surface area contributed by atoms with Gasteiger partial charge < -0.3 is 10.2 Å². The molecule has 1 amide bonds. The molecule has 0 bridgehead atoms. The van der Waals surface area contributed by atoms with E-state index in [1.807, 2.05) is 42.5 Å². The highest BCUT2D eigenvalue weighted by Crippen LogP contribution is 2.44. The van der Waals surface area contributed by atoms with Crippen molar-refractivity contribution in [2.75, 3.05) is 31.5 Å². The topological polar surface area (TPSA) is 53.4 Å². The van der Waals surface area contributed by atoms with E-state index in [1.54, 1.807) is 29.2 Å². The quantitative estimate of drug-likeness (QED) is 0.330. The van der Waals surface area contributed by atoms with Crippen molar-refractivity contribution >= 4 is 11.7 Å². The summed E-state index contributed by atoms with van der Waals surface area (Å²) in [4.78, 5) is 17.8. The van der Waals surface area contributed by atoms with Gasteiger partial charge in [-0.15, -0.1) is 0 Å². The molecule has 6 rings (SSSR count). The maximum Gasteiger partial charge on any atom is 0.410 e. The first-order valence-electron chi connectivity index (χ1n) is 13.5. The normalized spacial score (nSPS) is 19.8. The molecule has 6 nitrogen and oxygen atoms in total. The lowest BCUT2D eigenvalue weighted by Gasteiger charge is -2.40. The van der Waals surface area contributed by atoms with Crippen molar-refractivity contribution in [1.29, 1.82) is 0 Å². The van der Waals surface area contributed by atoms with Gasteiger partial charge in [0, 0.05) is 32.6 Å². The molecule has 1 aromatic heterocycles. The number of alkyl halides is 3. The summed E-state index contributed by atoms with van der Waals surface area (Å²) in [5, 5.41) is 7.24. The van der Waals surface area contributed by atoms with E-state index < -0.39 is 18.3 Å². The van der Waals surface area contributed by atoms with Crippen LogP contribution in [0, 0.1) is 0 Å². The zero-order valence-corrected chi connectivity index (χ0v) is 21.8. The molecule has 1 fully saturated rings. The van der Waals surface area contributed by atoms with E-state index in [9.17, 15) is 18.0 Å². The molecule has 0 saturated carbocycles. The van der Waals surface area contributed by atoms with Crippen LogP contribution >= 0.6 is 0 Å². The average Bonchev–Trinajstić information content (AvgIpc) is 3.42. The first kappa shape index (κ1) is 26.1. The lowest BCUT2D eigenvalue weighted by atomic mass is 9.96. The van der Waals surface area contributed by atoms with E-state index in [2.05, 4.69) is 39.6 Å². The number of piperazine rings is 1. The van der Waals surface area contributed by atoms with Crippen LogP contribution in [0.5, 0.6) is 0 Å². The number of fused-ring (bicyclic) bond motifs is 1. The third-order valence-electron chi connectivity index (χ3n) is 7.87. The molecular formula is C31H30F3N5O. The highest BCUT2D eigenvalue weighted by Gasteiger charge is 2.47. The fourth-order valence-electron chi connectivity index (χ4n) is 5.86. The first-order chi connectivity index (χ1) is 19.4. The van der Waals surface area contributed by atoms with Crippen LogP contribution in [0.3, 0.4) is 0 Å². The zero-order chi connectivity index (χ0) is 27.7. The molecule has 2 unspecified atom stereocenters. The number of rotatable bonds is 5. The van der Waals surface area contributed by atoms with Gasteiger partial charge in [-0.05, 0) is 16.7 Å². The van der Waals surface area contributed by atoms with Gasteiger partial charge in [0.1, 0.15) is 11.4 Å². The predicted molar refractivity (Wildman–Crippen MR) is 147 cm³/mol. The van der Waals surface area contributed by atoms with E-state index in [-0.39, 0.29) is 29.8 Å². The highest BCUT2D eigenvalue weighted by atomic mass is 19.4. The Labute approximate surface area is 231 Å². The number of hydrogen-bond acceptors (Lipinski definition) is 4. The Morgan fingerprint density at radius 3 is 1.93 bits per heavy atom. The monoisotopic (exact) mass is 545 g/mol. The van der Waals surface area contributed by atoms with Crippen molar-refractivity contribution in [2.45, 2.75) is 30.7 Å². The minimum Gasteiger partial charge on any atom is -0.363 e. The Bertz CT molecular complexity index is 1390. The van der Waals surface area contributed by atoms with Crippen LogP contribution in [0.1, 0.15) is 51.6 Å². The molecule has 4 aromatic rings. The van der Waals surface area contributed by atoms with Crippen LogP contribution in [0.25, 0.3) is 0 Å². The van der Waals surface area contributed by atoms with Crippen molar-refractivity contribution in [3.63, 3.8) is 0 Å². The Hall–Kier alpha value is -4.11. The van der Waals surface area contributed by atoms with Gasteiger partial charge in [0.05, 0.1) is 18.3 Å². The Morgan fingerprint density at radius 1 is 0.825 bits per heavy atom. The Kier molecular flexibility index (Phi) is 7.06. The smallest absolute Gasteiger partial charge is 0.363 e. The number of halogens is 3. The molecule has 0 aliphatic carbocycles. The molecule has 3 heterocycles. The number of anilines is 1. The maximum atomic E-state index is 14.1. The Morgan fingerprint density at radius 2 is 1.38 bits per heavy atom. The van der Waals surface area contributed by atoms with E-state index in [0.717, 1.165) is 10.2 Å². The number of aromatic nitrogens is 2. The lowest BCUT2D eigenvalue weighted by Crippen LogP contribution is -2.50. The van der Waals surface area contributed by atoms with Crippen LogP contribution in [0.15, 0.2) is 97.2 Å². The van der Waals surface area contributed by atoms with Crippen molar-refractivity contribution in [2.24, 2.45) is 0 Å². The average molecular weight is 546 g/mol. The number of amides is 1. The molecular weight excluding hydrogens is 515 g/mol. The Balaban J connectivity index is 1.23. The molecule has 40 heavy (non-hydrogen) atoms. The lowest BCUT2D eigenvalue weighted by molar-refractivity contribution is -0.173. The fourth-order valence-corrected chi connectivity index (χ4v) is 5.86. The van der Waals surface area contributed by atoms with Gasteiger partial charge in [0.15, 0.2) is 6.04 Å². The molecule has 2 aliphatic heterocycles. The van der Waals surface area contributed by atoms with Gasteiger partial charge >= 0.3 is 6.18 Å².